The zero-order valence-corrected chi connectivity index (χ0v) is 19.8. The van der Waals surface area contributed by atoms with Crippen molar-refractivity contribution in [1.29, 1.82) is 0 Å². The normalized spacial score (nSPS) is 10.5. The topological polar surface area (TPSA) is 73.9 Å². The molecule has 0 aliphatic heterocycles. The summed E-state index contributed by atoms with van der Waals surface area (Å²) in [6.07, 6.45) is 0. The van der Waals surface area contributed by atoms with Crippen LogP contribution in [0.1, 0.15) is 22.8 Å². The summed E-state index contributed by atoms with van der Waals surface area (Å²) in [5.74, 6) is 0.411. The number of benzene rings is 2. The van der Waals surface area contributed by atoms with Gasteiger partial charge in [-0.3, -0.25) is 4.79 Å². The first-order valence-corrected chi connectivity index (χ1v) is 11.2. The molecule has 1 N–H and O–H groups in total. The van der Waals surface area contributed by atoms with Gasteiger partial charge >= 0.3 is 5.97 Å². The number of carbonyl (C=O) groups is 2. The molecule has 0 aliphatic rings. The fourth-order valence-electron chi connectivity index (χ4n) is 2.87. The number of rotatable bonds is 8. The van der Waals surface area contributed by atoms with Gasteiger partial charge in [0.15, 0.2) is 6.61 Å². The Hall–Kier alpha value is -2.84. The number of carbonyl (C=O) groups excluding carboxylic acids is 2. The Labute approximate surface area is 193 Å². The molecule has 0 bridgehead atoms. The van der Waals surface area contributed by atoms with Gasteiger partial charge in [0.1, 0.15) is 22.1 Å². The van der Waals surface area contributed by atoms with Crippen molar-refractivity contribution in [2.45, 2.75) is 13.8 Å². The Kier molecular flexibility index (Phi) is 7.70. The first-order valence-electron chi connectivity index (χ1n) is 9.54. The molecule has 0 unspecified atom stereocenters. The smallest absolute Gasteiger partial charge is 0.341 e. The van der Waals surface area contributed by atoms with Gasteiger partial charge in [0.25, 0.3) is 5.91 Å². The highest BCUT2D eigenvalue weighted by molar-refractivity contribution is 9.10. The molecule has 8 heteroatoms. The average molecular weight is 504 g/mol. The van der Waals surface area contributed by atoms with Crippen LogP contribution in [0, 0.1) is 6.92 Å². The molecule has 0 spiro atoms. The lowest BCUT2D eigenvalue weighted by molar-refractivity contribution is -0.118. The third-order valence-corrected chi connectivity index (χ3v) is 5.89. The molecule has 0 radical (unpaired) electrons. The van der Waals surface area contributed by atoms with Crippen LogP contribution < -0.4 is 14.8 Å². The molecule has 0 saturated carbocycles. The van der Waals surface area contributed by atoms with Crippen molar-refractivity contribution in [3.63, 3.8) is 0 Å². The summed E-state index contributed by atoms with van der Waals surface area (Å²) in [6, 6.07) is 12.9. The van der Waals surface area contributed by atoms with Crippen molar-refractivity contribution in [3.05, 3.63) is 63.4 Å². The second-order valence-electron chi connectivity index (χ2n) is 6.57. The summed E-state index contributed by atoms with van der Waals surface area (Å²) < 4.78 is 16.8. The van der Waals surface area contributed by atoms with Crippen LogP contribution in [0.15, 0.2) is 52.3 Å². The van der Waals surface area contributed by atoms with E-state index in [1.54, 1.807) is 20.1 Å². The van der Waals surface area contributed by atoms with Crippen LogP contribution in [0.3, 0.4) is 0 Å². The zero-order chi connectivity index (χ0) is 22.4. The minimum Gasteiger partial charge on any atom is -0.497 e. The Morgan fingerprint density at radius 3 is 2.52 bits per heavy atom. The molecule has 1 aromatic heterocycles. The highest BCUT2D eigenvalue weighted by atomic mass is 79.9. The van der Waals surface area contributed by atoms with E-state index in [0.717, 1.165) is 15.6 Å². The standard InChI is InChI=1S/C23H22BrNO5S/c1-4-29-23(27)21-17(15-6-8-16(28-3)9-7-15)13-31-22(21)25-20(26)12-30-19-10-5-14(2)11-18(19)24/h5-11,13H,4,12H2,1-3H3,(H,25,26). The molecular formula is C23H22BrNO5S. The zero-order valence-electron chi connectivity index (χ0n) is 17.4. The van der Waals surface area contributed by atoms with E-state index < -0.39 is 5.97 Å². The van der Waals surface area contributed by atoms with Crippen LogP contribution in [0.4, 0.5) is 5.00 Å². The van der Waals surface area contributed by atoms with E-state index >= 15 is 0 Å². The van der Waals surface area contributed by atoms with Gasteiger partial charge < -0.3 is 19.5 Å². The van der Waals surface area contributed by atoms with Gasteiger partial charge in [-0.1, -0.05) is 18.2 Å². The number of esters is 1. The maximum absolute atomic E-state index is 12.7. The van der Waals surface area contributed by atoms with Crippen LogP contribution >= 0.6 is 27.3 Å². The van der Waals surface area contributed by atoms with Crippen molar-refractivity contribution in [1.82, 2.24) is 0 Å². The minimum absolute atomic E-state index is 0.195. The van der Waals surface area contributed by atoms with E-state index in [-0.39, 0.29) is 19.1 Å². The van der Waals surface area contributed by atoms with Gasteiger partial charge in [-0.15, -0.1) is 11.3 Å². The molecular weight excluding hydrogens is 482 g/mol. The highest BCUT2D eigenvalue weighted by Gasteiger charge is 2.23. The average Bonchev–Trinajstić information content (AvgIpc) is 3.17. The lowest BCUT2D eigenvalue weighted by Crippen LogP contribution is -2.21. The van der Waals surface area contributed by atoms with Crippen molar-refractivity contribution in [3.8, 4) is 22.6 Å². The number of ether oxygens (including phenoxy) is 3. The molecule has 0 fully saturated rings. The van der Waals surface area contributed by atoms with E-state index in [1.807, 2.05) is 48.7 Å². The number of amides is 1. The number of methoxy groups -OCH3 is 1. The maximum atomic E-state index is 12.7. The van der Waals surface area contributed by atoms with Crippen molar-refractivity contribution in [2.24, 2.45) is 0 Å². The number of hydrogen-bond acceptors (Lipinski definition) is 6. The van der Waals surface area contributed by atoms with Crippen LogP contribution in [-0.4, -0.2) is 32.2 Å². The van der Waals surface area contributed by atoms with Gasteiger partial charge in [-0.2, -0.15) is 0 Å². The Morgan fingerprint density at radius 1 is 1.13 bits per heavy atom. The van der Waals surface area contributed by atoms with Gasteiger partial charge in [0.2, 0.25) is 0 Å². The summed E-state index contributed by atoms with van der Waals surface area (Å²) in [5.41, 5.74) is 2.90. The molecule has 1 amide bonds. The fourth-order valence-corrected chi connectivity index (χ4v) is 4.45. The SMILES string of the molecule is CCOC(=O)c1c(-c2ccc(OC)cc2)csc1NC(=O)COc1ccc(C)cc1Br. The molecule has 162 valence electrons. The predicted octanol–water partition coefficient (Wildman–Crippen LogP) is 5.69. The second kappa shape index (κ2) is 10.5. The fraction of sp³-hybridized carbons (Fsp3) is 0.217. The molecule has 31 heavy (non-hydrogen) atoms. The second-order valence-corrected chi connectivity index (χ2v) is 8.31. The summed E-state index contributed by atoms with van der Waals surface area (Å²) in [4.78, 5) is 25.2. The van der Waals surface area contributed by atoms with E-state index in [0.29, 0.717) is 27.6 Å². The third-order valence-electron chi connectivity index (χ3n) is 4.37. The molecule has 2 aromatic carbocycles. The van der Waals surface area contributed by atoms with E-state index in [2.05, 4.69) is 21.2 Å². The molecule has 6 nitrogen and oxygen atoms in total. The monoisotopic (exact) mass is 503 g/mol. The number of aryl methyl sites for hydroxylation is 1. The van der Waals surface area contributed by atoms with Crippen molar-refractivity contribution < 1.29 is 23.8 Å². The van der Waals surface area contributed by atoms with Crippen molar-refractivity contribution in [2.75, 3.05) is 25.6 Å². The quantitative estimate of drug-likeness (QED) is 0.399. The number of hydrogen-bond donors (Lipinski definition) is 1. The Morgan fingerprint density at radius 2 is 1.87 bits per heavy atom. The summed E-state index contributed by atoms with van der Waals surface area (Å²) in [7, 11) is 1.59. The van der Waals surface area contributed by atoms with Crippen LogP contribution in [0.2, 0.25) is 0 Å². The first-order chi connectivity index (χ1) is 14.9. The number of anilines is 1. The molecule has 0 atom stereocenters. The number of thiophene rings is 1. The number of halogens is 1. The summed E-state index contributed by atoms with van der Waals surface area (Å²) >= 11 is 4.69. The third kappa shape index (κ3) is 5.65. The lowest BCUT2D eigenvalue weighted by Gasteiger charge is -2.11. The van der Waals surface area contributed by atoms with Crippen LogP contribution in [0.5, 0.6) is 11.5 Å². The molecule has 0 saturated heterocycles. The number of nitrogens with one attached hydrogen (secondary N) is 1. The Bertz CT molecular complexity index is 1080. The predicted molar refractivity (Wildman–Crippen MR) is 125 cm³/mol. The molecule has 1 heterocycles. The molecule has 0 aliphatic carbocycles. The van der Waals surface area contributed by atoms with Crippen molar-refractivity contribution >= 4 is 44.1 Å². The lowest BCUT2D eigenvalue weighted by atomic mass is 10.0. The minimum atomic E-state index is -0.493. The van der Waals surface area contributed by atoms with Gasteiger partial charge in [0.05, 0.1) is 18.2 Å². The van der Waals surface area contributed by atoms with Gasteiger partial charge in [0, 0.05) is 10.9 Å². The van der Waals surface area contributed by atoms with E-state index in [1.165, 1.54) is 11.3 Å². The van der Waals surface area contributed by atoms with E-state index in [4.69, 9.17) is 14.2 Å². The molecule has 3 aromatic rings. The Balaban J connectivity index is 1.80. The summed E-state index contributed by atoms with van der Waals surface area (Å²) in [6.45, 7) is 3.74. The van der Waals surface area contributed by atoms with Crippen LogP contribution in [0.25, 0.3) is 11.1 Å². The largest absolute Gasteiger partial charge is 0.497 e. The first kappa shape index (κ1) is 22.8. The highest BCUT2D eigenvalue weighted by Crippen LogP contribution is 2.37. The van der Waals surface area contributed by atoms with Gasteiger partial charge in [-0.25, -0.2) is 4.79 Å². The van der Waals surface area contributed by atoms with Crippen LogP contribution in [-0.2, 0) is 9.53 Å². The molecule has 3 rings (SSSR count). The summed E-state index contributed by atoms with van der Waals surface area (Å²) in [5, 5.41) is 5.02. The van der Waals surface area contributed by atoms with E-state index in [9.17, 15) is 9.59 Å². The maximum Gasteiger partial charge on any atom is 0.341 e. The van der Waals surface area contributed by atoms with Gasteiger partial charge in [-0.05, 0) is 65.2 Å².